The monoisotopic (exact) mass is 251 g/mol. The molecule has 0 aliphatic heterocycles. The normalized spacial score (nSPS) is 10.5. The van der Waals surface area contributed by atoms with Crippen LogP contribution in [0.1, 0.15) is 5.56 Å². The molecule has 1 heterocycles. The lowest BCUT2D eigenvalue weighted by Gasteiger charge is -2.07. The first-order valence-corrected chi connectivity index (χ1v) is 5.32. The standard InChI is InChI=1S/C12H10ClNO3/c1-17-10-3-2-9(13)12-8(10)4-7(6-14-12)5-11(15)16/h2-4,6H,5H2,1H3,(H,15,16). The predicted molar refractivity (Wildman–Crippen MR) is 64.6 cm³/mol. The summed E-state index contributed by atoms with van der Waals surface area (Å²) >= 11 is 6.01. The van der Waals surface area contributed by atoms with E-state index in [0.29, 0.717) is 21.9 Å². The van der Waals surface area contributed by atoms with Gasteiger partial charge in [-0.15, -0.1) is 0 Å². The van der Waals surface area contributed by atoms with Gasteiger partial charge in [-0.05, 0) is 23.8 Å². The van der Waals surface area contributed by atoms with Crippen LogP contribution >= 0.6 is 11.6 Å². The van der Waals surface area contributed by atoms with Crippen LogP contribution in [-0.4, -0.2) is 23.2 Å². The molecule has 0 unspecified atom stereocenters. The van der Waals surface area contributed by atoms with Crippen molar-refractivity contribution in [2.75, 3.05) is 7.11 Å². The number of carbonyl (C=O) groups is 1. The number of pyridine rings is 1. The molecule has 1 aromatic carbocycles. The maximum atomic E-state index is 10.6. The quantitative estimate of drug-likeness (QED) is 0.911. The molecule has 88 valence electrons. The van der Waals surface area contributed by atoms with Gasteiger partial charge in [0.15, 0.2) is 0 Å². The van der Waals surface area contributed by atoms with Crippen molar-refractivity contribution in [3.63, 3.8) is 0 Å². The summed E-state index contributed by atoms with van der Waals surface area (Å²) in [5, 5.41) is 9.97. The molecule has 4 nitrogen and oxygen atoms in total. The Kier molecular flexibility index (Phi) is 3.15. The number of hydrogen-bond acceptors (Lipinski definition) is 3. The van der Waals surface area contributed by atoms with Gasteiger partial charge in [-0.25, -0.2) is 0 Å². The first-order chi connectivity index (χ1) is 8.11. The SMILES string of the molecule is COc1ccc(Cl)c2ncc(CC(=O)O)cc12. The molecule has 0 amide bonds. The zero-order chi connectivity index (χ0) is 12.4. The van der Waals surface area contributed by atoms with Crippen molar-refractivity contribution in [2.24, 2.45) is 0 Å². The highest BCUT2D eigenvalue weighted by Gasteiger charge is 2.09. The minimum atomic E-state index is -0.896. The van der Waals surface area contributed by atoms with Gasteiger partial charge >= 0.3 is 5.97 Å². The van der Waals surface area contributed by atoms with Gasteiger partial charge in [-0.1, -0.05) is 11.6 Å². The van der Waals surface area contributed by atoms with Crippen molar-refractivity contribution < 1.29 is 14.6 Å². The maximum Gasteiger partial charge on any atom is 0.307 e. The van der Waals surface area contributed by atoms with Crippen molar-refractivity contribution >= 4 is 28.5 Å². The molecule has 2 aromatic rings. The Morgan fingerprint density at radius 3 is 2.94 bits per heavy atom. The maximum absolute atomic E-state index is 10.6. The van der Waals surface area contributed by atoms with Crippen molar-refractivity contribution in [1.29, 1.82) is 0 Å². The van der Waals surface area contributed by atoms with E-state index < -0.39 is 5.97 Å². The number of fused-ring (bicyclic) bond motifs is 1. The van der Waals surface area contributed by atoms with Crippen LogP contribution in [-0.2, 0) is 11.2 Å². The summed E-state index contributed by atoms with van der Waals surface area (Å²) in [6.07, 6.45) is 1.44. The van der Waals surface area contributed by atoms with Gasteiger partial charge in [0.25, 0.3) is 0 Å². The number of hydrogen-bond donors (Lipinski definition) is 1. The molecule has 0 saturated heterocycles. The molecule has 0 bridgehead atoms. The summed E-state index contributed by atoms with van der Waals surface area (Å²) in [5.41, 5.74) is 1.23. The van der Waals surface area contributed by atoms with Crippen LogP contribution in [0, 0.1) is 0 Å². The van der Waals surface area contributed by atoms with Gasteiger partial charge in [0, 0.05) is 11.6 Å². The number of aromatic nitrogens is 1. The highest BCUT2D eigenvalue weighted by atomic mass is 35.5. The van der Waals surface area contributed by atoms with Crippen molar-refractivity contribution in [2.45, 2.75) is 6.42 Å². The first kappa shape index (κ1) is 11.7. The van der Waals surface area contributed by atoms with Gasteiger partial charge in [0.05, 0.1) is 24.1 Å². The van der Waals surface area contributed by atoms with Crippen LogP contribution < -0.4 is 4.74 Å². The van der Waals surface area contributed by atoms with Gasteiger partial charge in [0.2, 0.25) is 0 Å². The molecule has 5 heteroatoms. The van der Waals surface area contributed by atoms with Gasteiger partial charge < -0.3 is 9.84 Å². The van der Waals surface area contributed by atoms with E-state index in [0.717, 1.165) is 5.39 Å². The van der Waals surface area contributed by atoms with Crippen LogP contribution in [0.4, 0.5) is 0 Å². The molecule has 1 aromatic heterocycles. The average Bonchev–Trinajstić information content (AvgIpc) is 2.29. The summed E-state index contributed by atoms with van der Waals surface area (Å²) in [5.74, 6) is -0.267. The number of carboxylic acid groups (broad SMARTS) is 1. The van der Waals surface area contributed by atoms with E-state index in [1.165, 1.54) is 6.20 Å². The molecule has 2 rings (SSSR count). The lowest BCUT2D eigenvalue weighted by Crippen LogP contribution is -2.00. The highest BCUT2D eigenvalue weighted by Crippen LogP contribution is 2.30. The number of halogens is 1. The number of carboxylic acids is 1. The van der Waals surface area contributed by atoms with Crippen molar-refractivity contribution in [3.05, 3.63) is 35.0 Å². The average molecular weight is 252 g/mol. The summed E-state index contributed by atoms with van der Waals surface area (Å²) in [6.45, 7) is 0. The van der Waals surface area contributed by atoms with Crippen LogP contribution in [0.3, 0.4) is 0 Å². The third kappa shape index (κ3) is 2.31. The number of ether oxygens (including phenoxy) is 1. The number of aliphatic carboxylic acids is 1. The molecule has 0 atom stereocenters. The van der Waals surface area contributed by atoms with E-state index in [-0.39, 0.29) is 6.42 Å². The summed E-state index contributed by atoms with van der Waals surface area (Å²) < 4.78 is 5.20. The molecule has 0 aliphatic rings. The first-order valence-electron chi connectivity index (χ1n) is 4.94. The molecule has 0 saturated carbocycles. The topological polar surface area (TPSA) is 59.4 Å². The molecular weight excluding hydrogens is 242 g/mol. The van der Waals surface area contributed by atoms with E-state index in [1.54, 1.807) is 25.3 Å². The lowest BCUT2D eigenvalue weighted by molar-refractivity contribution is -0.136. The van der Waals surface area contributed by atoms with Crippen LogP contribution in [0.2, 0.25) is 5.02 Å². The van der Waals surface area contributed by atoms with Crippen LogP contribution in [0.25, 0.3) is 10.9 Å². The fourth-order valence-corrected chi connectivity index (χ4v) is 1.87. The Labute approximate surface area is 103 Å². The fraction of sp³-hybridized carbons (Fsp3) is 0.167. The van der Waals surface area contributed by atoms with Crippen LogP contribution in [0.15, 0.2) is 24.4 Å². The Bertz CT molecular complexity index is 583. The van der Waals surface area contributed by atoms with Gasteiger partial charge in [-0.2, -0.15) is 0 Å². The molecule has 1 N–H and O–H groups in total. The van der Waals surface area contributed by atoms with Crippen molar-refractivity contribution in [1.82, 2.24) is 4.98 Å². The zero-order valence-corrected chi connectivity index (χ0v) is 9.86. The van der Waals surface area contributed by atoms with E-state index >= 15 is 0 Å². The molecule has 0 fully saturated rings. The summed E-state index contributed by atoms with van der Waals surface area (Å²) in [4.78, 5) is 14.8. The number of methoxy groups -OCH3 is 1. The zero-order valence-electron chi connectivity index (χ0n) is 9.11. The van der Waals surface area contributed by atoms with Crippen LogP contribution in [0.5, 0.6) is 5.75 Å². The smallest absolute Gasteiger partial charge is 0.307 e. The molecule has 17 heavy (non-hydrogen) atoms. The Hall–Kier alpha value is -1.81. The van der Waals surface area contributed by atoms with E-state index in [1.807, 2.05) is 0 Å². The minimum absolute atomic E-state index is 0.0708. The number of nitrogens with zero attached hydrogens (tertiary/aromatic N) is 1. The Morgan fingerprint density at radius 1 is 1.53 bits per heavy atom. The lowest BCUT2D eigenvalue weighted by atomic mass is 10.1. The number of benzene rings is 1. The second-order valence-corrected chi connectivity index (χ2v) is 3.97. The second kappa shape index (κ2) is 4.59. The minimum Gasteiger partial charge on any atom is -0.496 e. The Morgan fingerprint density at radius 2 is 2.29 bits per heavy atom. The summed E-state index contributed by atoms with van der Waals surface area (Å²) in [7, 11) is 1.55. The Balaban J connectivity index is 2.62. The third-order valence-electron chi connectivity index (χ3n) is 2.39. The largest absolute Gasteiger partial charge is 0.496 e. The molecule has 0 spiro atoms. The van der Waals surface area contributed by atoms with E-state index in [4.69, 9.17) is 21.4 Å². The molecule has 0 aliphatic carbocycles. The van der Waals surface area contributed by atoms with Gasteiger partial charge in [0.1, 0.15) is 5.75 Å². The van der Waals surface area contributed by atoms with E-state index in [2.05, 4.69) is 4.98 Å². The highest BCUT2D eigenvalue weighted by molar-refractivity contribution is 6.35. The number of rotatable bonds is 3. The predicted octanol–water partition coefficient (Wildman–Crippen LogP) is 2.52. The molecule has 0 radical (unpaired) electrons. The fourth-order valence-electron chi connectivity index (χ4n) is 1.65. The summed E-state index contributed by atoms with van der Waals surface area (Å²) in [6, 6.07) is 5.17. The second-order valence-electron chi connectivity index (χ2n) is 3.56. The third-order valence-corrected chi connectivity index (χ3v) is 2.70. The molecular formula is C12H10ClNO3. The van der Waals surface area contributed by atoms with E-state index in [9.17, 15) is 4.79 Å². The van der Waals surface area contributed by atoms with Crippen molar-refractivity contribution in [3.8, 4) is 5.75 Å². The van der Waals surface area contributed by atoms with Gasteiger partial charge in [-0.3, -0.25) is 9.78 Å².